The van der Waals surface area contributed by atoms with Crippen LogP contribution in [0, 0.1) is 0 Å². The molecule has 0 unspecified atom stereocenters. The number of aromatic nitrogens is 2. The zero-order valence-corrected chi connectivity index (χ0v) is 13.2. The highest BCUT2D eigenvalue weighted by Crippen LogP contribution is 2.18. The molecule has 0 saturated carbocycles. The number of carbonyl (C=O) groups excluding carboxylic acids is 2. The lowest BCUT2D eigenvalue weighted by atomic mass is 10.3. The van der Waals surface area contributed by atoms with E-state index < -0.39 is 11.8 Å². The van der Waals surface area contributed by atoms with Gasteiger partial charge in [0.25, 0.3) is 5.91 Å². The molecular weight excluding hydrogens is 312 g/mol. The van der Waals surface area contributed by atoms with E-state index in [1.807, 2.05) is 6.92 Å². The molecule has 0 aromatic carbocycles. The number of nitrogens with zero attached hydrogens (tertiary/aromatic N) is 2. The zero-order chi connectivity index (χ0) is 17.4. The molecule has 2 amide bonds. The van der Waals surface area contributed by atoms with E-state index in [0.29, 0.717) is 18.1 Å². The summed E-state index contributed by atoms with van der Waals surface area (Å²) in [6.07, 6.45) is 3.04. The van der Waals surface area contributed by atoms with Crippen molar-refractivity contribution in [1.29, 1.82) is 0 Å². The predicted molar refractivity (Wildman–Crippen MR) is 85.5 cm³/mol. The fourth-order valence-electron chi connectivity index (χ4n) is 1.86. The monoisotopic (exact) mass is 330 g/mol. The first-order valence-corrected chi connectivity index (χ1v) is 7.33. The number of hydrogen-bond donors (Lipinski definition) is 2. The van der Waals surface area contributed by atoms with Crippen LogP contribution >= 0.6 is 0 Å². The highest BCUT2D eigenvalue weighted by Gasteiger charge is 2.16. The summed E-state index contributed by atoms with van der Waals surface area (Å²) in [4.78, 5) is 31.4. The number of ether oxygens (including phenoxy) is 2. The molecule has 126 valence electrons. The van der Waals surface area contributed by atoms with Crippen LogP contribution in [-0.2, 0) is 11.4 Å². The number of hydrogen-bond acceptors (Lipinski definition) is 7. The average Bonchev–Trinajstić information content (AvgIpc) is 2.60. The molecule has 0 saturated heterocycles. The van der Waals surface area contributed by atoms with Gasteiger partial charge < -0.3 is 15.2 Å². The molecule has 2 rings (SSSR count). The third-order valence-corrected chi connectivity index (χ3v) is 2.90. The summed E-state index contributed by atoms with van der Waals surface area (Å²) in [5.74, 6) is -0.341. The van der Waals surface area contributed by atoms with Crippen molar-refractivity contribution < 1.29 is 19.1 Å². The molecule has 0 bridgehead atoms. The van der Waals surface area contributed by atoms with E-state index in [2.05, 4.69) is 15.3 Å². The molecule has 2 aromatic rings. The molecule has 24 heavy (non-hydrogen) atoms. The van der Waals surface area contributed by atoms with Crippen LogP contribution < -0.4 is 20.5 Å². The second-order valence-corrected chi connectivity index (χ2v) is 4.64. The normalized spacial score (nSPS) is 10.1. The quantitative estimate of drug-likeness (QED) is 0.766. The fraction of sp³-hybridized carbons (Fsp3) is 0.250. The molecule has 8 nitrogen and oxygen atoms in total. The minimum Gasteiger partial charge on any atom is -0.494 e. The van der Waals surface area contributed by atoms with Crippen LogP contribution in [0.5, 0.6) is 11.5 Å². The Morgan fingerprint density at radius 2 is 2.04 bits per heavy atom. The van der Waals surface area contributed by atoms with Crippen LogP contribution in [0.15, 0.2) is 36.7 Å². The Bertz CT molecular complexity index is 721. The van der Waals surface area contributed by atoms with Gasteiger partial charge in [-0.25, -0.2) is 4.98 Å². The Balaban J connectivity index is 2.09. The first kappa shape index (κ1) is 17.4. The third-order valence-electron chi connectivity index (χ3n) is 2.90. The zero-order valence-electron chi connectivity index (χ0n) is 13.2. The molecule has 2 aromatic heterocycles. The largest absolute Gasteiger partial charge is 0.494 e. The maximum absolute atomic E-state index is 12.0. The summed E-state index contributed by atoms with van der Waals surface area (Å²) in [7, 11) is 0. The number of nitrogens with one attached hydrogen (secondary N) is 1. The molecule has 3 N–H and O–H groups in total. The Morgan fingerprint density at radius 3 is 2.79 bits per heavy atom. The van der Waals surface area contributed by atoms with Gasteiger partial charge in [-0.3, -0.25) is 19.9 Å². The summed E-state index contributed by atoms with van der Waals surface area (Å²) in [5.41, 5.74) is 5.81. The van der Waals surface area contributed by atoms with Crippen molar-refractivity contribution in [2.75, 3.05) is 13.2 Å². The number of imide groups is 1. The van der Waals surface area contributed by atoms with Crippen LogP contribution in [0.1, 0.15) is 23.1 Å². The molecule has 0 aliphatic heterocycles. The maximum Gasteiger partial charge on any atom is 0.280 e. The van der Waals surface area contributed by atoms with Gasteiger partial charge in [-0.2, -0.15) is 0 Å². The van der Waals surface area contributed by atoms with Crippen molar-refractivity contribution in [1.82, 2.24) is 15.3 Å². The van der Waals surface area contributed by atoms with Crippen molar-refractivity contribution in [3.8, 4) is 11.5 Å². The highest BCUT2D eigenvalue weighted by atomic mass is 16.5. The van der Waals surface area contributed by atoms with Crippen LogP contribution in [0.25, 0.3) is 0 Å². The summed E-state index contributed by atoms with van der Waals surface area (Å²) in [6.45, 7) is 2.27. The van der Waals surface area contributed by atoms with Crippen molar-refractivity contribution >= 4 is 11.8 Å². The molecule has 0 spiro atoms. The van der Waals surface area contributed by atoms with E-state index in [4.69, 9.17) is 15.2 Å². The molecular formula is C16H18N4O4. The van der Waals surface area contributed by atoms with Crippen LogP contribution in [-0.4, -0.2) is 34.9 Å². The van der Waals surface area contributed by atoms with Crippen molar-refractivity contribution in [2.24, 2.45) is 5.73 Å². The first-order valence-electron chi connectivity index (χ1n) is 7.33. The standard InChI is InChI=1S/C16H18N4O4/c1-2-23-12-5-7-18-11(8-12)10-24-13-4-3-6-19-15(13)16(22)20-14(21)9-17/h3-8H,2,9-10,17H2,1H3,(H,20,21,22). The lowest BCUT2D eigenvalue weighted by Gasteiger charge is -2.10. The highest BCUT2D eigenvalue weighted by molar-refractivity contribution is 6.05. The van der Waals surface area contributed by atoms with E-state index in [9.17, 15) is 9.59 Å². The van der Waals surface area contributed by atoms with Gasteiger partial charge in [-0.05, 0) is 25.1 Å². The Kier molecular flexibility index (Phi) is 6.21. The molecule has 0 aliphatic carbocycles. The van der Waals surface area contributed by atoms with Gasteiger partial charge in [0.1, 0.15) is 12.4 Å². The van der Waals surface area contributed by atoms with E-state index in [-0.39, 0.29) is 24.6 Å². The number of pyridine rings is 2. The molecule has 8 heteroatoms. The second kappa shape index (κ2) is 8.59. The number of carbonyl (C=O) groups is 2. The average molecular weight is 330 g/mol. The minimum atomic E-state index is -0.669. The minimum absolute atomic E-state index is 0.000243. The van der Waals surface area contributed by atoms with Gasteiger partial charge in [0.2, 0.25) is 5.91 Å². The van der Waals surface area contributed by atoms with Gasteiger partial charge in [-0.1, -0.05) is 0 Å². The molecule has 0 radical (unpaired) electrons. The van der Waals surface area contributed by atoms with Gasteiger partial charge >= 0.3 is 0 Å². The summed E-state index contributed by atoms with van der Waals surface area (Å²) < 4.78 is 11.0. The first-order chi connectivity index (χ1) is 11.6. The van der Waals surface area contributed by atoms with Crippen LogP contribution in [0.4, 0.5) is 0 Å². The number of rotatable bonds is 7. The smallest absolute Gasteiger partial charge is 0.280 e. The lowest BCUT2D eigenvalue weighted by Crippen LogP contribution is -2.36. The number of amides is 2. The Labute approximate surface area is 139 Å². The van der Waals surface area contributed by atoms with E-state index in [0.717, 1.165) is 0 Å². The number of nitrogens with two attached hydrogens (primary N) is 1. The third kappa shape index (κ3) is 4.75. The summed E-state index contributed by atoms with van der Waals surface area (Å²) >= 11 is 0. The van der Waals surface area contributed by atoms with Crippen molar-refractivity contribution in [3.63, 3.8) is 0 Å². The van der Waals surface area contributed by atoms with Gasteiger partial charge in [-0.15, -0.1) is 0 Å². The van der Waals surface area contributed by atoms with Gasteiger partial charge in [0.05, 0.1) is 18.8 Å². The van der Waals surface area contributed by atoms with E-state index in [1.165, 1.54) is 6.20 Å². The Morgan fingerprint density at radius 1 is 1.21 bits per heavy atom. The molecule has 0 fully saturated rings. The van der Waals surface area contributed by atoms with Crippen molar-refractivity contribution in [2.45, 2.75) is 13.5 Å². The molecule has 0 aliphatic rings. The summed E-state index contributed by atoms with van der Waals surface area (Å²) in [5, 5.41) is 2.13. The molecule has 2 heterocycles. The van der Waals surface area contributed by atoms with Crippen molar-refractivity contribution in [3.05, 3.63) is 48.0 Å². The Hall–Kier alpha value is -3.00. The topological polar surface area (TPSA) is 116 Å². The predicted octanol–water partition coefficient (Wildman–Crippen LogP) is 0.669. The maximum atomic E-state index is 12.0. The van der Waals surface area contributed by atoms with Gasteiger partial charge in [0.15, 0.2) is 11.4 Å². The van der Waals surface area contributed by atoms with Crippen LogP contribution in [0.3, 0.4) is 0 Å². The lowest BCUT2D eigenvalue weighted by molar-refractivity contribution is -0.118. The van der Waals surface area contributed by atoms with Gasteiger partial charge in [0, 0.05) is 18.5 Å². The summed E-state index contributed by atoms with van der Waals surface area (Å²) in [6, 6.07) is 6.70. The van der Waals surface area contributed by atoms with E-state index in [1.54, 1.807) is 30.5 Å². The van der Waals surface area contributed by atoms with E-state index >= 15 is 0 Å². The van der Waals surface area contributed by atoms with Crippen LogP contribution in [0.2, 0.25) is 0 Å². The SMILES string of the molecule is CCOc1ccnc(COc2cccnc2C(=O)NC(=O)CN)c1. The second-order valence-electron chi connectivity index (χ2n) is 4.64. The molecule has 0 atom stereocenters. The fourth-order valence-corrected chi connectivity index (χ4v) is 1.86.